The molecule has 1 atom stereocenters. The van der Waals surface area contributed by atoms with E-state index in [4.69, 9.17) is 8.92 Å². The van der Waals surface area contributed by atoms with Gasteiger partial charge in [0.2, 0.25) is 0 Å². The molecule has 3 aromatic rings. The summed E-state index contributed by atoms with van der Waals surface area (Å²) in [5.41, 5.74) is 4.54. The molecule has 138 valence electrons. The summed E-state index contributed by atoms with van der Waals surface area (Å²) in [6.45, 7) is 1.93. The van der Waals surface area contributed by atoms with E-state index in [1.807, 2.05) is 43.3 Å². The Morgan fingerprint density at radius 1 is 1.15 bits per heavy atom. The molecule has 27 heavy (non-hydrogen) atoms. The Labute approximate surface area is 158 Å². The summed E-state index contributed by atoms with van der Waals surface area (Å²) in [7, 11) is -2.65. The third kappa shape index (κ3) is 3.22. The van der Waals surface area contributed by atoms with Crippen molar-refractivity contribution >= 4 is 10.1 Å². The van der Waals surface area contributed by atoms with Gasteiger partial charge in [0.1, 0.15) is 16.7 Å². The molecule has 0 saturated heterocycles. The molecule has 2 heterocycles. The lowest BCUT2D eigenvalue weighted by Crippen LogP contribution is -2.12. The highest BCUT2D eigenvalue weighted by Crippen LogP contribution is 2.44. The Morgan fingerprint density at radius 2 is 2.00 bits per heavy atom. The SMILES string of the molecule is COS(=O)(=O)c1ccc(C)cc1C1Cc2cccc(-c3cccnc3)c2O1. The average molecular weight is 381 g/mol. The van der Waals surface area contributed by atoms with Crippen molar-refractivity contribution in [2.24, 2.45) is 0 Å². The number of pyridine rings is 1. The first kappa shape index (κ1) is 17.7. The van der Waals surface area contributed by atoms with Gasteiger partial charge < -0.3 is 4.74 Å². The average Bonchev–Trinajstić information content (AvgIpc) is 3.12. The second-order valence-electron chi connectivity index (χ2n) is 6.51. The van der Waals surface area contributed by atoms with Gasteiger partial charge in [0.05, 0.1) is 7.11 Å². The third-order valence-electron chi connectivity index (χ3n) is 4.74. The zero-order valence-electron chi connectivity index (χ0n) is 15.0. The van der Waals surface area contributed by atoms with Crippen LogP contribution in [-0.2, 0) is 20.7 Å². The third-order valence-corrected chi connectivity index (χ3v) is 6.08. The minimum absolute atomic E-state index is 0.149. The predicted octanol–water partition coefficient (Wildman–Crippen LogP) is 4.07. The highest BCUT2D eigenvalue weighted by atomic mass is 32.2. The summed E-state index contributed by atoms with van der Waals surface area (Å²) in [6, 6.07) is 15.0. The van der Waals surface area contributed by atoms with Crippen LogP contribution < -0.4 is 4.74 Å². The summed E-state index contributed by atoms with van der Waals surface area (Å²) in [6.07, 6.45) is 3.72. The van der Waals surface area contributed by atoms with Gasteiger partial charge in [0.25, 0.3) is 10.1 Å². The number of ether oxygens (including phenoxy) is 1. The molecular weight excluding hydrogens is 362 g/mol. The Morgan fingerprint density at radius 3 is 2.74 bits per heavy atom. The number of rotatable bonds is 4. The molecule has 0 fully saturated rings. The van der Waals surface area contributed by atoms with Gasteiger partial charge in [0.15, 0.2) is 0 Å². The number of para-hydroxylation sites is 1. The molecule has 1 aliphatic heterocycles. The fourth-order valence-corrected chi connectivity index (χ4v) is 4.32. The van der Waals surface area contributed by atoms with Crippen molar-refractivity contribution < 1.29 is 17.3 Å². The van der Waals surface area contributed by atoms with E-state index in [1.54, 1.807) is 24.5 Å². The van der Waals surface area contributed by atoms with Crippen LogP contribution in [0.15, 0.2) is 65.8 Å². The van der Waals surface area contributed by atoms with Crippen LogP contribution in [0.2, 0.25) is 0 Å². The molecule has 0 radical (unpaired) electrons. The van der Waals surface area contributed by atoms with Crippen LogP contribution in [0.5, 0.6) is 5.75 Å². The molecule has 0 N–H and O–H groups in total. The summed E-state index contributed by atoms with van der Waals surface area (Å²) in [5.74, 6) is 0.776. The topological polar surface area (TPSA) is 65.5 Å². The Balaban J connectivity index is 1.78. The molecule has 0 amide bonds. The molecule has 4 rings (SSSR count). The lowest BCUT2D eigenvalue weighted by atomic mass is 9.99. The molecule has 1 aliphatic rings. The monoisotopic (exact) mass is 381 g/mol. The molecule has 0 bridgehead atoms. The van der Waals surface area contributed by atoms with Gasteiger partial charge in [0, 0.05) is 35.5 Å². The number of fused-ring (bicyclic) bond motifs is 1. The van der Waals surface area contributed by atoms with Crippen LogP contribution in [0.25, 0.3) is 11.1 Å². The van der Waals surface area contributed by atoms with Gasteiger partial charge in [-0.05, 0) is 24.6 Å². The van der Waals surface area contributed by atoms with Gasteiger partial charge in [-0.3, -0.25) is 9.17 Å². The molecular formula is C21H19NO4S. The number of aromatic nitrogens is 1. The van der Waals surface area contributed by atoms with Gasteiger partial charge in [-0.1, -0.05) is 42.0 Å². The minimum Gasteiger partial charge on any atom is -0.484 e. The van der Waals surface area contributed by atoms with Crippen molar-refractivity contribution in [2.45, 2.75) is 24.3 Å². The number of benzene rings is 2. The van der Waals surface area contributed by atoms with E-state index in [0.29, 0.717) is 12.0 Å². The molecule has 1 unspecified atom stereocenters. The summed E-state index contributed by atoms with van der Waals surface area (Å²) < 4.78 is 35.7. The number of hydrogen-bond acceptors (Lipinski definition) is 5. The second-order valence-corrected chi connectivity index (χ2v) is 8.19. The van der Waals surface area contributed by atoms with Crippen LogP contribution in [0, 0.1) is 6.92 Å². The van der Waals surface area contributed by atoms with Crippen molar-refractivity contribution in [1.82, 2.24) is 4.98 Å². The van der Waals surface area contributed by atoms with Crippen LogP contribution in [0.3, 0.4) is 0 Å². The predicted molar refractivity (Wildman–Crippen MR) is 102 cm³/mol. The van der Waals surface area contributed by atoms with E-state index >= 15 is 0 Å². The van der Waals surface area contributed by atoms with Crippen molar-refractivity contribution in [3.8, 4) is 16.9 Å². The first-order chi connectivity index (χ1) is 13.0. The van der Waals surface area contributed by atoms with Gasteiger partial charge >= 0.3 is 0 Å². The van der Waals surface area contributed by atoms with Crippen molar-refractivity contribution in [3.63, 3.8) is 0 Å². The number of aryl methyl sites for hydroxylation is 1. The second kappa shape index (κ2) is 6.79. The summed E-state index contributed by atoms with van der Waals surface area (Å²) in [5, 5.41) is 0. The Hall–Kier alpha value is -2.70. The summed E-state index contributed by atoms with van der Waals surface area (Å²) >= 11 is 0. The van der Waals surface area contributed by atoms with Gasteiger partial charge in [-0.25, -0.2) is 0 Å². The van der Waals surface area contributed by atoms with Crippen LogP contribution in [0.1, 0.15) is 22.8 Å². The molecule has 0 saturated carbocycles. The number of nitrogens with zero attached hydrogens (tertiary/aromatic N) is 1. The van der Waals surface area contributed by atoms with Gasteiger partial charge in [-0.2, -0.15) is 8.42 Å². The van der Waals surface area contributed by atoms with Crippen LogP contribution >= 0.6 is 0 Å². The normalized spacial score (nSPS) is 16.0. The highest BCUT2D eigenvalue weighted by molar-refractivity contribution is 7.86. The van der Waals surface area contributed by atoms with Crippen molar-refractivity contribution in [1.29, 1.82) is 0 Å². The maximum Gasteiger partial charge on any atom is 0.297 e. The molecule has 0 aliphatic carbocycles. The Kier molecular flexibility index (Phi) is 4.45. The molecule has 2 aromatic carbocycles. The van der Waals surface area contributed by atoms with Crippen LogP contribution in [-0.4, -0.2) is 20.5 Å². The van der Waals surface area contributed by atoms with E-state index in [1.165, 1.54) is 7.11 Å². The zero-order chi connectivity index (χ0) is 19.0. The molecule has 0 spiro atoms. The van der Waals surface area contributed by atoms with E-state index in [-0.39, 0.29) is 4.90 Å². The standard InChI is InChI=1S/C21H19NO4S/c1-14-8-9-20(27(23,24)25-2)18(11-14)19-12-15-5-3-7-17(21(15)26-19)16-6-4-10-22-13-16/h3-11,13,19H,12H2,1-2H3. The molecule has 6 heteroatoms. The van der Waals surface area contributed by atoms with Crippen LogP contribution in [0.4, 0.5) is 0 Å². The number of hydrogen-bond donors (Lipinski definition) is 0. The zero-order valence-corrected chi connectivity index (χ0v) is 15.9. The molecule has 5 nitrogen and oxygen atoms in total. The minimum atomic E-state index is -3.82. The van der Waals surface area contributed by atoms with Gasteiger partial charge in [-0.15, -0.1) is 0 Å². The lowest BCUT2D eigenvalue weighted by molar-refractivity contribution is 0.235. The fourth-order valence-electron chi connectivity index (χ4n) is 3.43. The quantitative estimate of drug-likeness (QED) is 0.638. The lowest BCUT2D eigenvalue weighted by Gasteiger charge is -2.17. The maximum absolute atomic E-state index is 12.4. The van der Waals surface area contributed by atoms with E-state index in [9.17, 15) is 8.42 Å². The van der Waals surface area contributed by atoms with Crippen molar-refractivity contribution in [2.75, 3.05) is 7.11 Å². The largest absolute Gasteiger partial charge is 0.484 e. The van der Waals surface area contributed by atoms with E-state index in [2.05, 4.69) is 4.98 Å². The van der Waals surface area contributed by atoms with Crippen molar-refractivity contribution in [3.05, 3.63) is 77.6 Å². The summed E-state index contributed by atoms with van der Waals surface area (Å²) in [4.78, 5) is 4.33. The smallest absolute Gasteiger partial charge is 0.297 e. The Bertz CT molecular complexity index is 1090. The van der Waals surface area contributed by atoms with E-state index < -0.39 is 16.2 Å². The van der Waals surface area contributed by atoms with E-state index in [0.717, 1.165) is 28.0 Å². The molecule has 1 aromatic heterocycles. The first-order valence-electron chi connectivity index (χ1n) is 8.60. The fraction of sp³-hybridized carbons (Fsp3) is 0.190. The first-order valence-corrected chi connectivity index (χ1v) is 10.0. The highest BCUT2D eigenvalue weighted by Gasteiger charge is 2.31. The maximum atomic E-state index is 12.4.